The zero-order valence-electron chi connectivity index (χ0n) is 11.8. The molecule has 0 aromatic carbocycles. The maximum Gasteiger partial charge on any atom is 0.287 e. The minimum Gasteiger partial charge on any atom is -0.393 e. The van der Waals surface area contributed by atoms with Crippen LogP contribution in [0.15, 0.2) is 11.0 Å². The minimum absolute atomic E-state index is 0.191. The Morgan fingerprint density at radius 2 is 2.15 bits per heavy atom. The molecule has 6 heteroatoms. The normalized spacial score (nSPS) is 22.8. The van der Waals surface area contributed by atoms with Gasteiger partial charge in [0.1, 0.15) is 5.02 Å². The van der Waals surface area contributed by atoms with Crippen LogP contribution in [0, 0.1) is 0 Å². The molecule has 20 heavy (non-hydrogen) atoms. The number of rotatable bonds is 5. The molecule has 2 rings (SSSR count). The summed E-state index contributed by atoms with van der Waals surface area (Å²) in [7, 11) is 0. The average Bonchev–Trinajstić information content (AvgIpc) is 2.45. The second kappa shape index (κ2) is 7.09. The second-order valence-electron chi connectivity index (χ2n) is 5.40. The van der Waals surface area contributed by atoms with E-state index >= 15 is 0 Å². The van der Waals surface area contributed by atoms with E-state index in [-0.39, 0.29) is 22.7 Å². The molecule has 1 aromatic rings. The van der Waals surface area contributed by atoms with Crippen molar-refractivity contribution in [1.29, 1.82) is 0 Å². The van der Waals surface area contributed by atoms with E-state index in [2.05, 4.69) is 17.3 Å². The Balaban J connectivity index is 2.05. The van der Waals surface area contributed by atoms with Crippen molar-refractivity contribution >= 4 is 17.3 Å². The Morgan fingerprint density at radius 1 is 1.45 bits per heavy atom. The van der Waals surface area contributed by atoms with Crippen molar-refractivity contribution in [3.05, 3.63) is 21.6 Å². The molecule has 5 nitrogen and oxygen atoms in total. The van der Waals surface area contributed by atoms with E-state index in [1.807, 2.05) is 0 Å². The number of anilines is 1. The summed E-state index contributed by atoms with van der Waals surface area (Å²) in [6.45, 7) is 2.67. The highest BCUT2D eigenvalue weighted by Crippen LogP contribution is 2.24. The number of nitrogens with one attached hydrogen (secondary N) is 1. The number of halogens is 1. The molecule has 0 atom stereocenters. The zero-order valence-corrected chi connectivity index (χ0v) is 12.6. The predicted molar refractivity (Wildman–Crippen MR) is 80.3 cm³/mol. The molecular weight excluding hydrogens is 278 g/mol. The lowest BCUT2D eigenvalue weighted by atomic mass is 9.93. The SMILES string of the molecule is CCCCn1ncc(NC2CCC(O)CC2)c(Cl)c1=O. The van der Waals surface area contributed by atoms with Crippen LogP contribution in [-0.4, -0.2) is 27.0 Å². The van der Waals surface area contributed by atoms with Crippen molar-refractivity contribution in [1.82, 2.24) is 9.78 Å². The number of nitrogens with zero attached hydrogens (tertiary/aromatic N) is 2. The third-order valence-corrected chi connectivity index (χ3v) is 4.13. The van der Waals surface area contributed by atoms with Gasteiger partial charge in [-0.1, -0.05) is 24.9 Å². The number of hydrogen-bond donors (Lipinski definition) is 2. The predicted octanol–water partition coefficient (Wildman–Crippen LogP) is 2.41. The van der Waals surface area contributed by atoms with Crippen LogP contribution < -0.4 is 10.9 Å². The van der Waals surface area contributed by atoms with Gasteiger partial charge in [0.05, 0.1) is 18.0 Å². The molecule has 0 unspecified atom stereocenters. The molecule has 0 saturated heterocycles. The van der Waals surface area contributed by atoms with Crippen molar-refractivity contribution in [2.75, 3.05) is 5.32 Å². The summed E-state index contributed by atoms with van der Waals surface area (Å²) in [5, 5.41) is 17.1. The lowest BCUT2D eigenvalue weighted by Crippen LogP contribution is -2.30. The Bertz CT molecular complexity index is 496. The van der Waals surface area contributed by atoms with Crippen molar-refractivity contribution < 1.29 is 5.11 Å². The number of aliphatic hydroxyl groups is 1. The van der Waals surface area contributed by atoms with E-state index in [9.17, 15) is 9.90 Å². The number of aryl methyl sites for hydroxylation is 1. The van der Waals surface area contributed by atoms with Gasteiger partial charge >= 0.3 is 0 Å². The molecule has 0 amide bonds. The fraction of sp³-hybridized carbons (Fsp3) is 0.714. The third kappa shape index (κ3) is 3.73. The fourth-order valence-electron chi connectivity index (χ4n) is 2.47. The van der Waals surface area contributed by atoms with Crippen LogP contribution in [0.5, 0.6) is 0 Å². The summed E-state index contributed by atoms with van der Waals surface area (Å²) >= 11 is 6.14. The zero-order chi connectivity index (χ0) is 14.5. The molecule has 0 radical (unpaired) electrons. The molecule has 1 heterocycles. The van der Waals surface area contributed by atoms with Crippen LogP contribution in [0.2, 0.25) is 5.02 Å². The van der Waals surface area contributed by atoms with Crippen LogP contribution in [0.3, 0.4) is 0 Å². The van der Waals surface area contributed by atoms with Crippen LogP contribution in [-0.2, 0) is 6.54 Å². The maximum atomic E-state index is 12.1. The first kappa shape index (κ1) is 15.3. The van der Waals surface area contributed by atoms with Gasteiger partial charge in [-0.2, -0.15) is 5.10 Å². The molecule has 1 aliphatic carbocycles. The average molecular weight is 300 g/mol. The van der Waals surface area contributed by atoms with E-state index in [4.69, 9.17) is 11.6 Å². The summed E-state index contributed by atoms with van der Waals surface area (Å²) in [4.78, 5) is 12.1. The summed E-state index contributed by atoms with van der Waals surface area (Å²) in [6.07, 6.45) is 6.71. The van der Waals surface area contributed by atoms with Gasteiger partial charge < -0.3 is 10.4 Å². The van der Waals surface area contributed by atoms with Gasteiger partial charge in [-0.25, -0.2) is 4.68 Å². The maximum absolute atomic E-state index is 12.1. The molecular formula is C14H22ClN3O2. The second-order valence-corrected chi connectivity index (χ2v) is 5.78. The minimum atomic E-state index is -0.235. The summed E-state index contributed by atoms with van der Waals surface area (Å²) < 4.78 is 1.42. The Kier molecular flexibility index (Phi) is 5.43. The van der Waals surface area contributed by atoms with Crippen molar-refractivity contribution in [2.24, 2.45) is 0 Å². The van der Waals surface area contributed by atoms with E-state index in [0.717, 1.165) is 38.5 Å². The smallest absolute Gasteiger partial charge is 0.287 e. The first-order valence-corrected chi connectivity index (χ1v) is 7.69. The summed E-state index contributed by atoms with van der Waals surface area (Å²) in [6, 6.07) is 0.253. The molecule has 1 aliphatic rings. The number of unbranched alkanes of at least 4 members (excludes halogenated alkanes) is 1. The highest BCUT2D eigenvalue weighted by molar-refractivity contribution is 6.32. The molecule has 1 fully saturated rings. The number of hydrogen-bond acceptors (Lipinski definition) is 4. The van der Waals surface area contributed by atoms with E-state index in [1.165, 1.54) is 4.68 Å². The van der Waals surface area contributed by atoms with Crippen LogP contribution in [0.1, 0.15) is 45.4 Å². The lowest BCUT2D eigenvalue weighted by molar-refractivity contribution is 0.126. The quantitative estimate of drug-likeness (QED) is 0.876. The molecule has 0 bridgehead atoms. The standard InChI is InChI=1S/C14H22ClN3O2/c1-2-3-8-18-14(20)13(15)12(9-16-18)17-10-4-6-11(19)7-5-10/h9-11,17,19H,2-8H2,1H3. The Hall–Kier alpha value is -1.07. The van der Waals surface area contributed by atoms with Gasteiger partial charge in [-0.3, -0.25) is 4.79 Å². The highest BCUT2D eigenvalue weighted by atomic mass is 35.5. The van der Waals surface area contributed by atoms with Crippen molar-refractivity contribution in [3.63, 3.8) is 0 Å². The first-order chi connectivity index (χ1) is 9.61. The van der Waals surface area contributed by atoms with E-state index in [1.54, 1.807) is 6.20 Å². The van der Waals surface area contributed by atoms with Gasteiger partial charge in [0, 0.05) is 12.6 Å². The van der Waals surface area contributed by atoms with E-state index < -0.39 is 0 Å². The Morgan fingerprint density at radius 3 is 2.80 bits per heavy atom. The van der Waals surface area contributed by atoms with Crippen molar-refractivity contribution in [2.45, 2.75) is 64.1 Å². The van der Waals surface area contributed by atoms with Crippen LogP contribution in [0.4, 0.5) is 5.69 Å². The van der Waals surface area contributed by atoms with Crippen molar-refractivity contribution in [3.8, 4) is 0 Å². The van der Waals surface area contributed by atoms with Gasteiger partial charge in [0.15, 0.2) is 0 Å². The summed E-state index contributed by atoms with van der Waals surface area (Å²) in [5.41, 5.74) is 0.367. The molecule has 112 valence electrons. The van der Waals surface area contributed by atoms with Crippen LogP contribution >= 0.6 is 11.6 Å². The first-order valence-electron chi connectivity index (χ1n) is 7.32. The molecule has 2 N–H and O–H groups in total. The Labute approximate surface area is 124 Å². The van der Waals surface area contributed by atoms with E-state index in [0.29, 0.717) is 12.2 Å². The van der Waals surface area contributed by atoms with Gasteiger partial charge in [0.2, 0.25) is 0 Å². The van der Waals surface area contributed by atoms with Gasteiger partial charge in [-0.15, -0.1) is 0 Å². The molecule has 1 saturated carbocycles. The molecule has 0 aliphatic heterocycles. The summed E-state index contributed by atoms with van der Waals surface area (Å²) in [5.74, 6) is 0. The van der Waals surface area contributed by atoms with Gasteiger partial charge in [-0.05, 0) is 32.1 Å². The lowest BCUT2D eigenvalue weighted by Gasteiger charge is -2.27. The topological polar surface area (TPSA) is 67.2 Å². The monoisotopic (exact) mass is 299 g/mol. The fourth-order valence-corrected chi connectivity index (χ4v) is 2.67. The molecule has 0 spiro atoms. The van der Waals surface area contributed by atoms with Gasteiger partial charge in [0.25, 0.3) is 5.56 Å². The highest BCUT2D eigenvalue weighted by Gasteiger charge is 2.20. The largest absolute Gasteiger partial charge is 0.393 e. The number of aromatic nitrogens is 2. The number of aliphatic hydroxyl groups excluding tert-OH is 1. The third-order valence-electron chi connectivity index (χ3n) is 3.76. The molecule has 1 aromatic heterocycles. The van der Waals surface area contributed by atoms with Crippen LogP contribution in [0.25, 0.3) is 0 Å².